The van der Waals surface area contributed by atoms with Crippen molar-refractivity contribution in [3.63, 3.8) is 0 Å². The molecule has 0 atom stereocenters. The van der Waals surface area contributed by atoms with Crippen LogP contribution in [-0.2, 0) is 0 Å². The Bertz CT molecular complexity index is 211. The second-order valence-corrected chi connectivity index (χ2v) is 2.64. The highest BCUT2D eigenvalue weighted by molar-refractivity contribution is 5.34. The SMILES string of the molecule is CC.CCCN(CC)c1cnccn1. The Kier molecular flexibility index (Phi) is 7.80. The van der Waals surface area contributed by atoms with Crippen molar-refractivity contribution < 1.29 is 0 Å². The van der Waals surface area contributed by atoms with Crippen LogP contribution in [0.25, 0.3) is 0 Å². The molecule has 0 aliphatic heterocycles. The normalized spacial score (nSPS) is 8.86. The second kappa shape index (κ2) is 8.48. The zero-order valence-electron chi connectivity index (χ0n) is 9.70. The first-order chi connectivity index (χ1) is 6.88. The van der Waals surface area contributed by atoms with E-state index in [9.17, 15) is 0 Å². The molecule has 0 saturated carbocycles. The summed E-state index contributed by atoms with van der Waals surface area (Å²) in [6, 6.07) is 0. The number of nitrogens with zero attached hydrogens (tertiary/aromatic N) is 3. The molecule has 3 heteroatoms. The number of rotatable bonds is 4. The Morgan fingerprint density at radius 1 is 1.21 bits per heavy atom. The van der Waals surface area contributed by atoms with Crippen molar-refractivity contribution in [2.45, 2.75) is 34.1 Å². The van der Waals surface area contributed by atoms with Gasteiger partial charge in [-0.25, -0.2) is 4.98 Å². The van der Waals surface area contributed by atoms with Gasteiger partial charge < -0.3 is 4.90 Å². The highest BCUT2D eigenvalue weighted by Crippen LogP contribution is 2.06. The molecular weight excluding hydrogens is 174 g/mol. The van der Waals surface area contributed by atoms with E-state index in [1.165, 1.54) is 0 Å². The molecular formula is C11H21N3. The molecule has 0 fully saturated rings. The summed E-state index contributed by atoms with van der Waals surface area (Å²) in [6.07, 6.45) is 6.38. The molecule has 80 valence electrons. The van der Waals surface area contributed by atoms with Crippen LogP contribution in [0.3, 0.4) is 0 Å². The fourth-order valence-electron chi connectivity index (χ4n) is 1.16. The first-order valence-corrected chi connectivity index (χ1v) is 5.39. The highest BCUT2D eigenvalue weighted by Gasteiger charge is 2.02. The summed E-state index contributed by atoms with van der Waals surface area (Å²) < 4.78 is 0. The Morgan fingerprint density at radius 2 is 1.93 bits per heavy atom. The van der Waals surface area contributed by atoms with E-state index in [0.717, 1.165) is 25.3 Å². The molecule has 0 aliphatic carbocycles. The lowest BCUT2D eigenvalue weighted by Crippen LogP contribution is -2.24. The van der Waals surface area contributed by atoms with Crippen LogP contribution >= 0.6 is 0 Å². The van der Waals surface area contributed by atoms with Crippen molar-refractivity contribution in [3.05, 3.63) is 18.6 Å². The maximum atomic E-state index is 4.23. The van der Waals surface area contributed by atoms with Crippen LogP contribution in [-0.4, -0.2) is 23.1 Å². The van der Waals surface area contributed by atoms with Gasteiger partial charge in [0.2, 0.25) is 0 Å². The minimum Gasteiger partial charge on any atom is -0.356 e. The van der Waals surface area contributed by atoms with Gasteiger partial charge in [-0.05, 0) is 13.3 Å². The third kappa shape index (κ3) is 4.21. The molecule has 0 saturated heterocycles. The smallest absolute Gasteiger partial charge is 0.147 e. The van der Waals surface area contributed by atoms with E-state index < -0.39 is 0 Å². The van der Waals surface area contributed by atoms with Gasteiger partial charge in [0, 0.05) is 25.5 Å². The van der Waals surface area contributed by atoms with Crippen molar-refractivity contribution >= 4 is 5.82 Å². The summed E-state index contributed by atoms with van der Waals surface area (Å²) in [5.41, 5.74) is 0. The van der Waals surface area contributed by atoms with Crippen LogP contribution in [0.1, 0.15) is 34.1 Å². The highest BCUT2D eigenvalue weighted by atomic mass is 15.2. The molecule has 1 rings (SSSR count). The van der Waals surface area contributed by atoms with E-state index in [4.69, 9.17) is 0 Å². The fraction of sp³-hybridized carbons (Fsp3) is 0.636. The molecule has 1 aromatic rings. The standard InChI is InChI=1S/C9H15N3.C2H6/c1-3-7-12(4-2)9-8-10-5-6-11-9;1-2/h5-6,8H,3-4,7H2,1-2H3;1-2H3. The zero-order valence-corrected chi connectivity index (χ0v) is 9.70. The molecule has 0 N–H and O–H groups in total. The molecule has 14 heavy (non-hydrogen) atoms. The first-order valence-electron chi connectivity index (χ1n) is 5.39. The largest absolute Gasteiger partial charge is 0.356 e. The molecule has 0 unspecified atom stereocenters. The van der Waals surface area contributed by atoms with Gasteiger partial charge in [0.05, 0.1) is 6.20 Å². The van der Waals surface area contributed by atoms with Gasteiger partial charge in [0.25, 0.3) is 0 Å². The molecule has 0 spiro atoms. The Morgan fingerprint density at radius 3 is 2.36 bits per heavy atom. The molecule has 3 nitrogen and oxygen atoms in total. The summed E-state index contributed by atoms with van der Waals surface area (Å²) in [7, 11) is 0. The third-order valence-electron chi connectivity index (χ3n) is 1.75. The van der Waals surface area contributed by atoms with E-state index >= 15 is 0 Å². The van der Waals surface area contributed by atoms with E-state index in [1.807, 2.05) is 13.8 Å². The number of hydrogen-bond donors (Lipinski definition) is 0. The van der Waals surface area contributed by atoms with E-state index in [1.54, 1.807) is 18.6 Å². The fourth-order valence-corrected chi connectivity index (χ4v) is 1.16. The quantitative estimate of drug-likeness (QED) is 0.739. The van der Waals surface area contributed by atoms with Gasteiger partial charge in [-0.1, -0.05) is 20.8 Å². The minimum atomic E-state index is 0.974. The van der Waals surface area contributed by atoms with Gasteiger partial charge in [-0.2, -0.15) is 0 Å². The van der Waals surface area contributed by atoms with Gasteiger partial charge in [-0.15, -0.1) is 0 Å². The first kappa shape index (κ1) is 12.9. The number of aromatic nitrogens is 2. The van der Waals surface area contributed by atoms with Crippen LogP contribution in [0.2, 0.25) is 0 Å². The Balaban J connectivity index is 0.000000791. The predicted molar refractivity (Wildman–Crippen MR) is 61.6 cm³/mol. The Labute approximate surface area is 87.2 Å². The maximum Gasteiger partial charge on any atom is 0.147 e. The summed E-state index contributed by atoms with van der Waals surface area (Å²) >= 11 is 0. The minimum absolute atomic E-state index is 0.974. The average molecular weight is 195 g/mol. The number of anilines is 1. The molecule has 1 heterocycles. The molecule has 0 aliphatic rings. The lowest BCUT2D eigenvalue weighted by Gasteiger charge is -2.19. The van der Waals surface area contributed by atoms with Gasteiger partial charge in [0.1, 0.15) is 5.82 Å². The molecule has 0 aromatic carbocycles. The monoisotopic (exact) mass is 195 g/mol. The lowest BCUT2D eigenvalue weighted by atomic mass is 10.4. The summed E-state index contributed by atoms with van der Waals surface area (Å²) in [5.74, 6) is 0.974. The molecule has 0 amide bonds. The van der Waals surface area contributed by atoms with Crippen molar-refractivity contribution in [2.75, 3.05) is 18.0 Å². The summed E-state index contributed by atoms with van der Waals surface area (Å²) in [6.45, 7) is 10.3. The summed E-state index contributed by atoms with van der Waals surface area (Å²) in [4.78, 5) is 10.5. The Hall–Kier alpha value is -1.12. The van der Waals surface area contributed by atoms with Crippen LogP contribution < -0.4 is 4.90 Å². The molecule has 1 aromatic heterocycles. The molecule has 0 bridgehead atoms. The van der Waals surface area contributed by atoms with E-state index in [2.05, 4.69) is 28.7 Å². The van der Waals surface area contributed by atoms with Crippen molar-refractivity contribution in [2.24, 2.45) is 0 Å². The van der Waals surface area contributed by atoms with E-state index in [0.29, 0.717) is 0 Å². The van der Waals surface area contributed by atoms with Crippen LogP contribution in [0.5, 0.6) is 0 Å². The van der Waals surface area contributed by atoms with Crippen molar-refractivity contribution in [3.8, 4) is 0 Å². The van der Waals surface area contributed by atoms with Gasteiger partial charge >= 0.3 is 0 Å². The van der Waals surface area contributed by atoms with Crippen LogP contribution in [0, 0.1) is 0 Å². The predicted octanol–water partition coefficient (Wildman–Crippen LogP) is 2.74. The lowest BCUT2D eigenvalue weighted by molar-refractivity contribution is 0.775. The van der Waals surface area contributed by atoms with Crippen molar-refractivity contribution in [1.82, 2.24) is 9.97 Å². The topological polar surface area (TPSA) is 29.0 Å². The van der Waals surface area contributed by atoms with E-state index in [-0.39, 0.29) is 0 Å². The van der Waals surface area contributed by atoms with Gasteiger partial charge in [-0.3, -0.25) is 4.98 Å². The third-order valence-corrected chi connectivity index (χ3v) is 1.75. The van der Waals surface area contributed by atoms with Crippen molar-refractivity contribution in [1.29, 1.82) is 0 Å². The zero-order chi connectivity index (χ0) is 10.8. The molecule has 0 radical (unpaired) electrons. The van der Waals surface area contributed by atoms with Crippen LogP contribution in [0.15, 0.2) is 18.6 Å². The van der Waals surface area contributed by atoms with Gasteiger partial charge in [0.15, 0.2) is 0 Å². The van der Waals surface area contributed by atoms with Crippen LogP contribution in [0.4, 0.5) is 5.82 Å². The summed E-state index contributed by atoms with van der Waals surface area (Å²) in [5, 5.41) is 0. The maximum absolute atomic E-state index is 4.23. The number of hydrogen-bond acceptors (Lipinski definition) is 3. The average Bonchev–Trinajstić information content (AvgIpc) is 2.30. The second-order valence-electron chi connectivity index (χ2n) is 2.64.